The Morgan fingerprint density at radius 1 is 1.14 bits per heavy atom. The fraction of sp³-hybridized carbons (Fsp3) is 0. The van der Waals surface area contributed by atoms with Crippen molar-refractivity contribution in [3.05, 3.63) is 0 Å². The van der Waals surface area contributed by atoms with Crippen LogP contribution in [-0.4, -0.2) is 44.5 Å². The summed E-state index contributed by atoms with van der Waals surface area (Å²) < 4.78 is 24.4. The van der Waals surface area contributed by atoms with Gasteiger partial charge in [0.2, 0.25) is 0 Å². The van der Waals surface area contributed by atoms with Gasteiger partial charge in [-0.05, 0) is 0 Å². The third-order valence-corrected chi connectivity index (χ3v) is 0. The zero-order chi connectivity index (χ0) is 3.58. The normalized spacial score (nSPS) is 3.57. The van der Waals surface area contributed by atoms with E-state index in [-0.39, 0.29) is 40.5 Å². The van der Waals surface area contributed by atoms with E-state index < -0.39 is 15.4 Å². The molecule has 0 saturated heterocycles. The average molecular weight is 160 g/mol. The Morgan fingerprint density at radius 2 is 1.14 bits per heavy atom. The molecule has 0 aliphatic carbocycles. The van der Waals surface area contributed by atoms with E-state index >= 15 is 0 Å². The summed E-state index contributed by atoms with van der Waals surface area (Å²) >= 11 is -3.69. The van der Waals surface area contributed by atoms with Crippen LogP contribution in [0, 0.1) is 0 Å². The van der Waals surface area contributed by atoms with E-state index in [2.05, 4.69) is 0 Å². The van der Waals surface area contributed by atoms with Gasteiger partial charge in [-0.1, -0.05) is 0 Å². The number of hydrogen-bond acceptors (Lipinski definition) is 2. The zero-order valence-electron chi connectivity index (χ0n) is 2.71. The van der Waals surface area contributed by atoms with E-state index in [1.807, 2.05) is 0 Å². The van der Waals surface area contributed by atoms with Crippen LogP contribution in [0.5, 0.6) is 0 Å². The van der Waals surface area contributed by atoms with Crippen molar-refractivity contribution in [2.45, 2.75) is 0 Å². The van der Waals surface area contributed by atoms with Crippen LogP contribution in [0.4, 0.5) is 0 Å². The molecule has 0 bridgehead atoms. The van der Waals surface area contributed by atoms with Crippen LogP contribution in [0.15, 0.2) is 0 Å². The van der Waals surface area contributed by atoms with Gasteiger partial charge in [-0.2, -0.15) is 0 Å². The summed E-state index contributed by atoms with van der Waals surface area (Å²) in [6.07, 6.45) is 0. The van der Waals surface area contributed by atoms with E-state index in [1.54, 1.807) is 0 Å². The van der Waals surface area contributed by atoms with Crippen molar-refractivity contribution in [1.82, 2.24) is 0 Å². The molecule has 0 aromatic heterocycles. The van der Waals surface area contributed by atoms with Gasteiger partial charge in [0.15, 0.2) is 0 Å². The van der Waals surface area contributed by atoms with Gasteiger partial charge in [-0.15, -0.1) is 0 Å². The van der Waals surface area contributed by atoms with Crippen LogP contribution >= 0.6 is 0 Å². The van der Waals surface area contributed by atoms with E-state index in [9.17, 15) is 0 Å². The molecule has 7 heteroatoms. The Hall–Kier alpha value is 1.06. The van der Waals surface area contributed by atoms with Crippen LogP contribution in [0.1, 0.15) is 0 Å². The topological polar surface area (TPSA) is 117 Å². The standard InChI is InChI=1S/Na.3H2O.2O.V.H/h;3*1H2;;;;/q;;;;;;+1;/p-1. The second-order valence-corrected chi connectivity index (χ2v) is 0.981. The molecular formula is H6NaO5V. The van der Waals surface area contributed by atoms with Crippen molar-refractivity contribution in [1.29, 1.82) is 0 Å². The van der Waals surface area contributed by atoms with Crippen molar-refractivity contribution in [3.8, 4) is 0 Å². The molecule has 7 heavy (non-hydrogen) atoms. The molecular weight excluding hydrogens is 154 g/mol. The van der Waals surface area contributed by atoms with Gasteiger partial charge in [-0.3, -0.25) is 0 Å². The molecule has 5 nitrogen and oxygen atoms in total. The SMILES string of the molecule is O.O.[NaH].[O]=[V](=[O])[OH]. The van der Waals surface area contributed by atoms with Crippen LogP contribution in [0.3, 0.4) is 0 Å². The Bertz CT molecular complexity index is 56.5. The first-order valence-electron chi connectivity index (χ1n) is 0.565. The van der Waals surface area contributed by atoms with Gasteiger partial charge >= 0.3 is 56.3 Å². The van der Waals surface area contributed by atoms with Gasteiger partial charge < -0.3 is 11.0 Å². The summed E-state index contributed by atoms with van der Waals surface area (Å²) in [5, 5.41) is 0. The first kappa shape index (κ1) is 24.4. The Morgan fingerprint density at radius 3 is 1.14 bits per heavy atom. The summed E-state index contributed by atoms with van der Waals surface area (Å²) in [6.45, 7) is 0. The van der Waals surface area contributed by atoms with Crippen molar-refractivity contribution in [3.63, 3.8) is 0 Å². The molecule has 0 fully saturated rings. The maximum absolute atomic E-state index is 8.67. The molecule has 0 atom stereocenters. The Balaban J connectivity index is -0.0000000150. The molecule has 0 heterocycles. The van der Waals surface area contributed by atoms with Gasteiger partial charge in [0.25, 0.3) is 0 Å². The number of rotatable bonds is 0. The van der Waals surface area contributed by atoms with Crippen LogP contribution < -0.4 is 0 Å². The molecule has 0 rings (SSSR count). The third-order valence-electron chi connectivity index (χ3n) is 0. The molecule has 0 aromatic carbocycles. The second kappa shape index (κ2) is 15.7. The van der Waals surface area contributed by atoms with Crippen molar-refractivity contribution in [2.75, 3.05) is 0 Å². The fourth-order valence-corrected chi connectivity index (χ4v) is 0. The zero-order valence-corrected chi connectivity index (χ0v) is 4.11. The van der Waals surface area contributed by atoms with Crippen LogP contribution in [0.2, 0.25) is 0 Å². The van der Waals surface area contributed by atoms with Gasteiger partial charge in [0, 0.05) is 0 Å². The molecule has 0 aliphatic heterocycles. The molecule has 0 saturated carbocycles. The minimum atomic E-state index is -3.69. The summed E-state index contributed by atoms with van der Waals surface area (Å²) in [5.41, 5.74) is 0. The second-order valence-electron chi connectivity index (χ2n) is 0.238. The molecule has 0 spiro atoms. The van der Waals surface area contributed by atoms with E-state index in [4.69, 9.17) is 11.4 Å². The summed E-state index contributed by atoms with van der Waals surface area (Å²) in [5.74, 6) is 0. The van der Waals surface area contributed by atoms with Crippen molar-refractivity contribution < 1.29 is 37.7 Å². The third kappa shape index (κ3) is 160. The predicted molar refractivity (Wildman–Crippen MR) is 18.0 cm³/mol. The summed E-state index contributed by atoms with van der Waals surface area (Å²) in [6, 6.07) is 0. The average Bonchev–Trinajstić information content (AvgIpc) is 0.811. The molecule has 0 unspecified atom stereocenters. The fourth-order valence-electron chi connectivity index (χ4n) is 0. The molecule has 0 amide bonds. The Kier molecular flexibility index (Phi) is 54.7. The molecule has 0 aromatic rings. The van der Waals surface area contributed by atoms with Crippen LogP contribution in [-0.2, 0) is 22.7 Å². The Labute approximate surface area is 67.0 Å². The van der Waals surface area contributed by atoms with Crippen molar-refractivity contribution >= 4 is 29.6 Å². The molecule has 42 valence electrons. The van der Waals surface area contributed by atoms with Gasteiger partial charge in [0.05, 0.1) is 0 Å². The minimum absolute atomic E-state index is 0. The first-order chi connectivity index (χ1) is 1.73. The summed E-state index contributed by atoms with van der Waals surface area (Å²) in [4.78, 5) is 0. The molecule has 0 aliphatic rings. The quantitative estimate of drug-likeness (QED) is 0.378. The molecule has 0 radical (unpaired) electrons. The number of hydrogen-bond donors (Lipinski definition) is 1. The summed E-state index contributed by atoms with van der Waals surface area (Å²) in [7, 11) is 0. The predicted octanol–water partition coefficient (Wildman–Crippen LogP) is -3.10. The first-order valence-corrected chi connectivity index (χ1v) is 2.33. The van der Waals surface area contributed by atoms with E-state index in [0.717, 1.165) is 0 Å². The van der Waals surface area contributed by atoms with E-state index in [0.29, 0.717) is 0 Å². The maximum atomic E-state index is 8.67. The monoisotopic (exact) mass is 160 g/mol. The van der Waals surface area contributed by atoms with Crippen LogP contribution in [0.25, 0.3) is 0 Å². The van der Waals surface area contributed by atoms with Gasteiger partial charge in [0.1, 0.15) is 0 Å². The van der Waals surface area contributed by atoms with Crippen molar-refractivity contribution in [2.24, 2.45) is 0 Å². The molecule has 5 N–H and O–H groups in total. The van der Waals surface area contributed by atoms with Gasteiger partial charge in [-0.25, -0.2) is 0 Å². The van der Waals surface area contributed by atoms with E-state index in [1.165, 1.54) is 0 Å².